The highest BCUT2D eigenvalue weighted by Gasteiger charge is 2.25. The Morgan fingerprint density at radius 1 is 1.22 bits per heavy atom. The Labute approximate surface area is 155 Å². The molecule has 1 saturated carbocycles. The topological polar surface area (TPSA) is 121 Å². The molecule has 140 valence electrons. The first kappa shape index (κ1) is 17.2. The fourth-order valence-corrected chi connectivity index (χ4v) is 3.40. The number of amides is 1. The van der Waals surface area contributed by atoms with Crippen LogP contribution < -0.4 is 15.8 Å². The minimum Gasteiger partial charge on any atom is -0.497 e. The Bertz CT molecular complexity index is 946. The van der Waals surface area contributed by atoms with Crippen molar-refractivity contribution in [1.82, 2.24) is 25.0 Å². The lowest BCUT2D eigenvalue weighted by Gasteiger charge is -2.27. The quantitative estimate of drug-likeness (QED) is 0.703. The number of hydrogen-bond donors (Lipinski definition) is 2. The number of rotatable bonds is 5. The summed E-state index contributed by atoms with van der Waals surface area (Å²) in [5.74, 6) is 1.07. The molecule has 0 aliphatic heterocycles. The number of hydrogen-bond acceptors (Lipinski definition) is 7. The number of carbonyl (C=O) groups excluding carboxylic acids is 1. The van der Waals surface area contributed by atoms with E-state index in [0.717, 1.165) is 37.1 Å². The summed E-state index contributed by atoms with van der Waals surface area (Å²) in [4.78, 5) is 20.2. The van der Waals surface area contributed by atoms with E-state index in [-0.39, 0.29) is 17.9 Å². The number of nitrogens with two attached hydrogens (primary N) is 1. The molecule has 27 heavy (non-hydrogen) atoms. The standard InChI is InChI=1S/C18H21N7O2/c1-27-14-8-6-13(7-9-14)25-17-15(23-24-25)10-20-18(22-17)21-12-4-2-11(3-5-12)16(19)26/h6-12H,2-5H2,1H3,(H2,19,26)(H,20,21,22). The summed E-state index contributed by atoms with van der Waals surface area (Å²) in [6, 6.07) is 7.74. The largest absolute Gasteiger partial charge is 0.497 e. The lowest BCUT2D eigenvalue weighted by atomic mass is 9.86. The van der Waals surface area contributed by atoms with Crippen LogP contribution >= 0.6 is 0 Å². The third kappa shape index (κ3) is 3.53. The number of benzene rings is 1. The first-order valence-electron chi connectivity index (χ1n) is 8.93. The number of nitrogens with zero attached hydrogens (tertiary/aromatic N) is 5. The van der Waals surface area contributed by atoms with Crippen molar-refractivity contribution in [3.8, 4) is 11.4 Å². The van der Waals surface area contributed by atoms with Gasteiger partial charge in [-0.25, -0.2) is 4.98 Å². The van der Waals surface area contributed by atoms with Gasteiger partial charge in [0.25, 0.3) is 0 Å². The molecule has 4 rings (SSSR count). The second-order valence-corrected chi connectivity index (χ2v) is 6.70. The lowest BCUT2D eigenvalue weighted by molar-refractivity contribution is -0.122. The molecular weight excluding hydrogens is 346 g/mol. The maximum absolute atomic E-state index is 11.3. The van der Waals surface area contributed by atoms with Gasteiger partial charge in [0.15, 0.2) is 11.2 Å². The van der Waals surface area contributed by atoms with Crippen molar-refractivity contribution in [2.75, 3.05) is 12.4 Å². The van der Waals surface area contributed by atoms with Crippen LogP contribution in [0.3, 0.4) is 0 Å². The van der Waals surface area contributed by atoms with Gasteiger partial charge >= 0.3 is 0 Å². The van der Waals surface area contributed by atoms with Crippen LogP contribution in [0.5, 0.6) is 5.75 Å². The van der Waals surface area contributed by atoms with Gasteiger partial charge in [-0.1, -0.05) is 5.21 Å². The van der Waals surface area contributed by atoms with Gasteiger partial charge < -0.3 is 15.8 Å². The van der Waals surface area contributed by atoms with Crippen molar-refractivity contribution in [3.05, 3.63) is 30.5 Å². The van der Waals surface area contributed by atoms with Crippen molar-refractivity contribution in [2.24, 2.45) is 11.7 Å². The van der Waals surface area contributed by atoms with E-state index in [1.54, 1.807) is 18.0 Å². The lowest BCUT2D eigenvalue weighted by Crippen LogP contribution is -2.32. The Hall–Kier alpha value is -3.23. The van der Waals surface area contributed by atoms with E-state index in [0.29, 0.717) is 17.1 Å². The van der Waals surface area contributed by atoms with Crippen molar-refractivity contribution in [1.29, 1.82) is 0 Å². The van der Waals surface area contributed by atoms with E-state index >= 15 is 0 Å². The van der Waals surface area contributed by atoms with Crippen molar-refractivity contribution in [2.45, 2.75) is 31.7 Å². The van der Waals surface area contributed by atoms with Gasteiger partial charge in [0, 0.05) is 12.0 Å². The van der Waals surface area contributed by atoms with Crippen LogP contribution in [0.1, 0.15) is 25.7 Å². The van der Waals surface area contributed by atoms with Gasteiger partial charge in [-0.05, 0) is 49.9 Å². The molecule has 9 heteroatoms. The average molecular weight is 367 g/mol. The molecule has 0 bridgehead atoms. The maximum Gasteiger partial charge on any atom is 0.225 e. The van der Waals surface area contributed by atoms with Crippen LogP contribution in [0.25, 0.3) is 16.9 Å². The van der Waals surface area contributed by atoms with Crippen LogP contribution in [-0.2, 0) is 4.79 Å². The zero-order chi connectivity index (χ0) is 18.8. The number of nitrogens with one attached hydrogen (secondary N) is 1. The van der Waals surface area contributed by atoms with Gasteiger partial charge in [-0.15, -0.1) is 5.10 Å². The molecule has 1 aromatic carbocycles. The molecule has 3 N–H and O–H groups in total. The van der Waals surface area contributed by atoms with E-state index in [4.69, 9.17) is 10.5 Å². The van der Waals surface area contributed by atoms with Crippen LogP contribution in [0, 0.1) is 5.92 Å². The minimum absolute atomic E-state index is 0.0212. The Balaban J connectivity index is 1.54. The van der Waals surface area contributed by atoms with Gasteiger partial charge in [0.05, 0.1) is 19.0 Å². The molecule has 9 nitrogen and oxygen atoms in total. The summed E-state index contributed by atoms with van der Waals surface area (Å²) in [6.45, 7) is 0. The van der Waals surface area contributed by atoms with Gasteiger partial charge in [0.2, 0.25) is 11.9 Å². The zero-order valence-electron chi connectivity index (χ0n) is 15.0. The molecule has 0 radical (unpaired) electrons. The first-order valence-corrected chi connectivity index (χ1v) is 8.93. The summed E-state index contributed by atoms with van der Waals surface area (Å²) in [6.07, 6.45) is 4.98. The number of carbonyl (C=O) groups is 1. The number of methoxy groups -OCH3 is 1. The molecule has 0 atom stereocenters. The number of aromatic nitrogens is 5. The summed E-state index contributed by atoms with van der Waals surface area (Å²) in [5.41, 5.74) is 7.48. The number of ether oxygens (including phenoxy) is 1. The summed E-state index contributed by atoms with van der Waals surface area (Å²) in [7, 11) is 1.63. The zero-order valence-corrected chi connectivity index (χ0v) is 15.0. The molecule has 3 aromatic rings. The van der Waals surface area contributed by atoms with Gasteiger partial charge in [0.1, 0.15) is 5.75 Å². The Kier molecular flexibility index (Phi) is 4.57. The first-order chi connectivity index (χ1) is 13.1. The maximum atomic E-state index is 11.3. The summed E-state index contributed by atoms with van der Waals surface area (Å²) in [5, 5.41) is 11.7. The number of primary amides is 1. The molecule has 0 saturated heterocycles. The summed E-state index contributed by atoms with van der Waals surface area (Å²) >= 11 is 0. The highest BCUT2D eigenvalue weighted by atomic mass is 16.5. The molecule has 2 heterocycles. The van der Waals surface area contributed by atoms with E-state index in [9.17, 15) is 4.79 Å². The van der Waals surface area contributed by atoms with E-state index in [1.807, 2.05) is 24.3 Å². The molecule has 0 unspecified atom stereocenters. The molecule has 2 aromatic heterocycles. The second-order valence-electron chi connectivity index (χ2n) is 6.70. The van der Waals surface area contributed by atoms with Crippen molar-refractivity contribution in [3.63, 3.8) is 0 Å². The van der Waals surface area contributed by atoms with Gasteiger partial charge in [-0.3, -0.25) is 4.79 Å². The fraction of sp³-hybridized carbons (Fsp3) is 0.389. The third-order valence-corrected chi connectivity index (χ3v) is 4.97. The minimum atomic E-state index is -0.208. The van der Waals surface area contributed by atoms with E-state index in [2.05, 4.69) is 25.6 Å². The predicted octanol–water partition coefficient (Wildman–Crippen LogP) is 1.68. The second kappa shape index (κ2) is 7.18. The normalized spacial score (nSPS) is 19.7. The Morgan fingerprint density at radius 3 is 2.63 bits per heavy atom. The van der Waals surface area contributed by atoms with Crippen molar-refractivity contribution < 1.29 is 9.53 Å². The van der Waals surface area contributed by atoms with Gasteiger partial charge in [-0.2, -0.15) is 9.67 Å². The van der Waals surface area contributed by atoms with Crippen LogP contribution in [-0.4, -0.2) is 44.0 Å². The fourth-order valence-electron chi connectivity index (χ4n) is 3.40. The molecule has 1 fully saturated rings. The molecular formula is C18H21N7O2. The Morgan fingerprint density at radius 2 is 1.96 bits per heavy atom. The monoisotopic (exact) mass is 367 g/mol. The van der Waals surface area contributed by atoms with E-state index < -0.39 is 0 Å². The third-order valence-electron chi connectivity index (χ3n) is 4.97. The smallest absolute Gasteiger partial charge is 0.225 e. The molecule has 1 amide bonds. The van der Waals surface area contributed by atoms with Crippen LogP contribution in [0.4, 0.5) is 5.95 Å². The molecule has 1 aliphatic rings. The highest BCUT2D eigenvalue weighted by Crippen LogP contribution is 2.26. The predicted molar refractivity (Wildman–Crippen MR) is 99.6 cm³/mol. The number of anilines is 1. The number of fused-ring (bicyclic) bond motifs is 1. The van der Waals surface area contributed by atoms with E-state index in [1.165, 1.54) is 0 Å². The SMILES string of the molecule is COc1ccc(-n2nnc3cnc(NC4CCC(C(N)=O)CC4)nc32)cc1. The van der Waals surface area contributed by atoms with Crippen LogP contribution in [0.15, 0.2) is 30.5 Å². The van der Waals surface area contributed by atoms with Crippen molar-refractivity contribution >= 4 is 23.0 Å². The average Bonchev–Trinajstić information content (AvgIpc) is 3.12. The molecule has 1 aliphatic carbocycles. The molecule has 0 spiro atoms. The summed E-state index contributed by atoms with van der Waals surface area (Å²) < 4.78 is 6.86. The highest BCUT2D eigenvalue weighted by molar-refractivity contribution is 5.76. The van der Waals surface area contributed by atoms with Crippen LogP contribution in [0.2, 0.25) is 0 Å².